The van der Waals surface area contributed by atoms with Gasteiger partial charge < -0.3 is 10.6 Å². The summed E-state index contributed by atoms with van der Waals surface area (Å²) < 4.78 is 28.0. The van der Waals surface area contributed by atoms with Crippen molar-refractivity contribution in [1.82, 2.24) is 9.88 Å². The summed E-state index contributed by atoms with van der Waals surface area (Å²) in [5.41, 5.74) is 8.84. The number of rotatable bonds is 3. The normalized spacial score (nSPS) is 19.0. The average Bonchev–Trinajstić information content (AvgIpc) is 3.00. The Balaban J connectivity index is 1.91. The number of guanidine groups is 1. The lowest BCUT2D eigenvalue weighted by molar-refractivity contribution is 0.432. The number of nitrogens with two attached hydrogens (primary N) is 1. The van der Waals surface area contributed by atoms with Crippen molar-refractivity contribution in [3.63, 3.8) is 0 Å². The molecule has 0 aliphatic carbocycles. The molecular formula is C22H20F2N4. The summed E-state index contributed by atoms with van der Waals surface area (Å²) in [4.78, 5) is 10.9. The Morgan fingerprint density at radius 3 is 2.54 bits per heavy atom. The fourth-order valence-corrected chi connectivity index (χ4v) is 3.68. The van der Waals surface area contributed by atoms with Crippen molar-refractivity contribution in [3.8, 4) is 11.1 Å². The van der Waals surface area contributed by atoms with Crippen molar-refractivity contribution < 1.29 is 8.78 Å². The van der Waals surface area contributed by atoms with Crippen LogP contribution in [0.5, 0.6) is 0 Å². The van der Waals surface area contributed by atoms with Gasteiger partial charge in [-0.15, -0.1) is 0 Å². The molecule has 0 spiro atoms. The third-order valence-corrected chi connectivity index (χ3v) is 5.12. The Bertz CT molecular complexity index is 1080. The number of likely N-dealkylation sites (N-methyl/N-ethyl adjacent to an activating group) is 1. The number of halogens is 2. The van der Waals surface area contributed by atoms with E-state index in [0.717, 1.165) is 29.0 Å². The summed E-state index contributed by atoms with van der Waals surface area (Å²) in [6.07, 6.45) is 1.74. The van der Waals surface area contributed by atoms with E-state index in [-0.39, 0.29) is 5.56 Å². The zero-order chi connectivity index (χ0) is 19.9. The first-order chi connectivity index (χ1) is 13.4. The van der Waals surface area contributed by atoms with E-state index in [0.29, 0.717) is 18.1 Å². The maximum absolute atomic E-state index is 14.3. The van der Waals surface area contributed by atoms with Crippen LogP contribution >= 0.6 is 0 Å². The lowest BCUT2D eigenvalue weighted by Gasteiger charge is -2.28. The fourth-order valence-electron chi connectivity index (χ4n) is 3.68. The van der Waals surface area contributed by atoms with E-state index in [1.165, 1.54) is 6.07 Å². The molecule has 2 N–H and O–H groups in total. The van der Waals surface area contributed by atoms with Crippen LogP contribution in [0, 0.1) is 18.6 Å². The lowest BCUT2D eigenvalue weighted by Crippen LogP contribution is -2.35. The van der Waals surface area contributed by atoms with Crippen molar-refractivity contribution in [3.05, 3.63) is 89.2 Å². The van der Waals surface area contributed by atoms with Crippen molar-refractivity contribution in [2.75, 3.05) is 13.6 Å². The van der Waals surface area contributed by atoms with Crippen molar-refractivity contribution in [2.24, 2.45) is 10.7 Å². The number of nitrogens with zero attached hydrogens (tertiary/aromatic N) is 3. The quantitative estimate of drug-likeness (QED) is 0.753. The van der Waals surface area contributed by atoms with Gasteiger partial charge in [-0.3, -0.25) is 4.98 Å². The van der Waals surface area contributed by atoms with E-state index in [1.807, 2.05) is 49.2 Å². The first kappa shape index (κ1) is 18.1. The zero-order valence-corrected chi connectivity index (χ0v) is 15.7. The van der Waals surface area contributed by atoms with Gasteiger partial charge in [0.15, 0.2) is 5.96 Å². The summed E-state index contributed by atoms with van der Waals surface area (Å²) in [6.45, 7) is 2.46. The molecule has 0 saturated heterocycles. The van der Waals surface area contributed by atoms with Crippen LogP contribution in [0.25, 0.3) is 11.1 Å². The van der Waals surface area contributed by atoms with Gasteiger partial charge in [-0.25, -0.2) is 13.8 Å². The van der Waals surface area contributed by atoms with Crippen LogP contribution < -0.4 is 5.73 Å². The molecule has 1 aliphatic rings. The topological polar surface area (TPSA) is 54.5 Å². The largest absolute Gasteiger partial charge is 0.370 e. The van der Waals surface area contributed by atoms with Gasteiger partial charge in [0.05, 0.1) is 6.54 Å². The van der Waals surface area contributed by atoms with Crippen LogP contribution in [0.4, 0.5) is 8.78 Å². The minimum absolute atomic E-state index is 0.214. The smallest absolute Gasteiger partial charge is 0.192 e. The highest BCUT2D eigenvalue weighted by molar-refractivity contribution is 5.82. The Hall–Kier alpha value is -3.28. The average molecular weight is 378 g/mol. The molecule has 142 valence electrons. The van der Waals surface area contributed by atoms with Gasteiger partial charge in [0.25, 0.3) is 0 Å². The van der Waals surface area contributed by atoms with Crippen LogP contribution in [0.2, 0.25) is 0 Å². The molecule has 28 heavy (non-hydrogen) atoms. The highest BCUT2D eigenvalue weighted by Crippen LogP contribution is 2.39. The highest BCUT2D eigenvalue weighted by Gasteiger charge is 2.41. The summed E-state index contributed by atoms with van der Waals surface area (Å²) in [6, 6.07) is 14.7. The van der Waals surface area contributed by atoms with E-state index in [2.05, 4.69) is 4.98 Å². The maximum Gasteiger partial charge on any atom is 0.192 e. The molecule has 4 rings (SSSR count). The van der Waals surface area contributed by atoms with Gasteiger partial charge in [0.2, 0.25) is 0 Å². The van der Waals surface area contributed by atoms with Crippen molar-refractivity contribution >= 4 is 5.96 Å². The summed E-state index contributed by atoms with van der Waals surface area (Å²) >= 11 is 0. The standard InChI is InChI=1S/C22H20F2N4/c1-14-10-17(8-9-26-14)22(13-28(2)21(25)27-22)16-5-3-4-15(11-16)19-12-18(23)6-7-20(19)24/h3-12H,13H2,1-2H3,(H2,25,27). The maximum atomic E-state index is 14.3. The van der Waals surface area contributed by atoms with Crippen LogP contribution in [0.15, 0.2) is 65.8 Å². The lowest BCUT2D eigenvalue weighted by atomic mass is 9.82. The van der Waals surface area contributed by atoms with E-state index < -0.39 is 17.2 Å². The van der Waals surface area contributed by atoms with Crippen LogP contribution in [-0.2, 0) is 5.54 Å². The molecule has 0 amide bonds. The summed E-state index contributed by atoms with van der Waals surface area (Å²) in [7, 11) is 1.88. The number of aromatic nitrogens is 1. The molecule has 6 heteroatoms. The minimum atomic E-state index is -0.744. The second-order valence-corrected chi connectivity index (χ2v) is 7.08. The number of pyridine rings is 1. The molecule has 1 aromatic heterocycles. The van der Waals surface area contributed by atoms with Gasteiger partial charge >= 0.3 is 0 Å². The molecular weight excluding hydrogens is 358 g/mol. The van der Waals surface area contributed by atoms with Gasteiger partial charge in [-0.1, -0.05) is 18.2 Å². The molecule has 0 bridgehead atoms. The third kappa shape index (κ3) is 3.01. The zero-order valence-electron chi connectivity index (χ0n) is 15.7. The fraction of sp³-hybridized carbons (Fsp3) is 0.182. The van der Waals surface area contributed by atoms with Gasteiger partial charge in [-0.2, -0.15) is 0 Å². The minimum Gasteiger partial charge on any atom is -0.370 e. The SMILES string of the molecule is Cc1cc(C2(c3cccc(-c4cc(F)ccc4F)c3)CN(C)C(N)=N2)ccn1. The number of aryl methyl sites for hydroxylation is 1. The highest BCUT2D eigenvalue weighted by atomic mass is 19.1. The number of hydrogen-bond acceptors (Lipinski definition) is 4. The van der Waals surface area contributed by atoms with Crippen LogP contribution in [0.3, 0.4) is 0 Å². The number of hydrogen-bond donors (Lipinski definition) is 1. The molecule has 1 aliphatic heterocycles. The first-order valence-corrected chi connectivity index (χ1v) is 8.95. The van der Waals surface area contributed by atoms with E-state index in [1.54, 1.807) is 12.3 Å². The Morgan fingerprint density at radius 2 is 1.82 bits per heavy atom. The van der Waals surface area contributed by atoms with E-state index >= 15 is 0 Å². The molecule has 2 aromatic carbocycles. The summed E-state index contributed by atoms with van der Waals surface area (Å²) in [5.74, 6) is -0.528. The first-order valence-electron chi connectivity index (χ1n) is 8.95. The van der Waals surface area contributed by atoms with Crippen molar-refractivity contribution in [1.29, 1.82) is 0 Å². The molecule has 0 fully saturated rings. The number of benzene rings is 2. The van der Waals surface area contributed by atoms with E-state index in [4.69, 9.17) is 10.7 Å². The van der Waals surface area contributed by atoms with Crippen LogP contribution in [0.1, 0.15) is 16.8 Å². The van der Waals surface area contributed by atoms with Crippen LogP contribution in [-0.4, -0.2) is 29.4 Å². The predicted octanol–water partition coefficient (Wildman–Crippen LogP) is 3.84. The molecule has 0 saturated carbocycles. The van der Waals surface area contributed by atoms with Gasteiger partial charge in [0.1, 0.15) is 17.2 Å². The Labute approximate surface area is 162 Å². The number of aliphatic imine (C=N–C) groups is 1. The molecule has 0 radical (unpaired) electrons. The molecule has 2 heterocycles. The summed E-state index contributed by atoms with van der Waals surface area (Å²) in [5, 5.41) is 0. The predicted molar refractivity (Wildman–Crippen MR) is 106 cm³/mol. The van der Waals surface area contributed by atoms with Gasteiger partial charge in [0, 0.05) is 24.5 Å². The van der Waals surface area contributed by atoms with Crippen molar-refractivity contribution in [2.45, 2.75) is 12.5 Å². The Morgan fingerprint density at radius 1 is 1.04 bits per heavy atom. The second kappa shape index (κ2) is 6.71. The monoisotopic (exact) mass is 378 g/mol. The Kier molecular flexibility index (Phi) is 4.34. The molecule has 1 atom stereocenters. The van der Waals surface area contributed by atoms with E-state index in [9.17, 15) is 8.78 Å². The molecule has 1 unspecified atom stereocenters. The molecule has 4 nitrogen and oxygen atoms in total. The molecule has 3 aromatic rings. The second-order valence-electron chi connectivity index (χ2n) is 7.08. The third-order valence-electron chi connectivity index (χ3n) is 5.12. The van der Waals surface area contributed by atoms with Gasteiger partial charge in [-0.05, 0) is 60.0 Å².